The second-order valence-electron chi connectivity index (χ2n) is 11.6. The van der Waals surface area contributed by atoms with E-state index in [2.05, 4.69) is 20.5 Å². The first kappa shape index (κ1) is 35.1. The van der Waals surface area contributed by atoms with Gasteiger partial charge in [-0.05, 0) is 75.2 Å². The number of nitrogens with one attached hydrogen (secondary N) is 2. The summed E-state index contributed by atoms with van der Waals surface area (Å²) in [7, 11) is -2.93. The quantitative estimate of drug-likeness (QED) is 0.285. The Morgan fingerprint density at radius 2 is 1.68 bits per heavy atom. The van der Waals surface area contributed by atoms with Gasteiger partial charge in [0.2, 0.25) is 15.9 Å². The Bertz CT molecular complexity index is 1750. The highest BCUT2D eigenvalue weighted by atomic mass is 35.5. The number of halogens is 3. The Balaban J connectivity index is 1.38. The predicted molar refractivity (Wildman–Crippen MR) is 179 cm³/mol. The zero-order valence-electron chi connectivity index (χ0n) is 25.7. The van der Waals surface area contributed by atoms with Crippen molar-refractivity contribution in [3.63, 3.8) is 0 Å². The minimum atomic E-state index is -4.15. The molecule has 2 aliphatic rings. The van der Waals surface area contributed by atoms with Gasteiger partial charge >= 0.3 is 5.97 Å². The molecular weight excluding hydrogens is 689 g/mol. The number of pyridine rings is 1. The van der Waals surface area contributed by atoms with Crippen LogP contribution < -0.4 is 10.6 Å². The summed E-state index contributed by atoms with van der Waals surface area (Å²) >= 11 is 18.3. The third-order valence-corrected chi connectivity index (χ3v) is 11.5. The molecule has 15 heteroatoms. The number of benzene rings is 2. The van der Waals surface area contributed by atoms with Crippen LogP contribution in [0.5, 0.6) is 0 Å². The third-order valence-electron chi connectivity index (χ3n) is 8.72. The van der Waals surface area contributed by atoms with Gasteiger partial charge in [0.1, 0.15) is 11.6 Å². The highest BCUT2D eigenvalue weighted by Crippen LogP contribution is 2.39. The Hall–Kier alpha value is -3.26. The van der Waals surface area contributed by atoms with E-state index >= 15 is 0 Å². The minimum absolute atomic E-state index is 0.0173. The molecule has 0 spiro atoms. The van der Waals surface area contributed by atoms with Gasteiger partial charge in [0, 0.05) is 42.1 Å². The summed E-state index contributed by atoms with van der Waals surface area (Å²) in [4.78, 5) is 46.1. The van der Waals surface area contributed by atoms with Crippen LogP contribution in [-0.2, 0) is 30.8 Å². The van der Waals surface area contributed by atoms with Crippen molar-refractivity contribution in [1.29, 1.82) is 0 Å². The number of hydrogen-bond acceptors (Lipinski definition) is 8. The van der Waals surface area contributed by atoms with E-state index in [1.165, 1.54) is 35.9 Å². The molecule has 0 radical (unpaired) electrons. The molecule has 47 heavy (non-hydrogen) atoms. The van der Waals surface area contributed by atoms with Crippen molar-refractivity contribution in [2.24, 2.45) is 0 Å². The van der Waals surface area contributed by atoms with Crippen molar-refractivity contribution in [2.45, 2.75) is 55.1 Å². The summed E-state index contributed by atoms with van der Waals surface area (Å²) in [6.07, 6.45) is 5.00. The van der Waals surface area contributed by atoms with Gasteiger partial charge < -0.3 is 15.4 Å². The molecule has 2 N–H and O–H groups in total. The molecule has 2 saturated heterocycles. The van der Waals surface area contributed by atoms with E-state index in [9.17, 15) is 22.8 Å². The summed E-state index contributed by atoms with van der Waals surface area (Å²) in [5, 5.41) is 6.01. The van der Waals surface area contributed by atoms with Crippen LogP contribution >= 0.6 is 34.8 Å². The number of hydrogen-bond donors (Lipinski definition) is 2. The maximum Gasteiger partial charge on any atom is 0.328 e. The monoisotopic (exact) mass is 721 g/mol. The molecule has 3 unspecified atom stereocenters. The number of amides is 2. The van der Waals surface area contributed by atoms with Crippen molar-refractivity contribution in [1.82, 2.24) is 19.5 Å². The lowest BCUT2D eigenvalue weighted by atomic mass is 9.91. The first-order chi connectivity index (χ1) is 22.4. The number of sulfonamides is 1. The second kappa shape index (κ2) is 14.5. The summed E-state index contributed by atoms with van der Waals surface area (Å²) in [6, 6.07) is 11.0. The Morgan fingerprint density at radius 3 is 2.30 bits per heavy atom. The van der Waals surface area contributed by atoms with E-state index < -0.39 is 45.4 Å². The van der Waals surface area contributed by atoms with Crippen LogP contribution in [0.2, 0.25) is 15.1 Å². The van der Waals surface area contributed by atoms with Crippen molar-refractivity contribution in [3.05, 3.63) is 87.1 Å². The van der Waals surface area contributed by atoms with E-state index in [1.807, 2.05) is 0 Å². The molecule has 0 bridgehead atoms. The Labute approximate surface area is 288 Å². The number of carbonyl (C=O) groups excluding carboxylic acids is 3. The molecule has 2 amide bonds. The van der Waals surface area contributed by atoms with Crippen molar-refractivity contribution >= 4 is 68.3 Å². The molecule has 1 aromatic heterocycles. The fourth-order valence-electron chi connectivity index (χ4n) is 6.32. The van der Waals surface area contributed by atoms with Crippen molar-refractivity contribution < 1.29 is 27.5 Å². The fraction of sp³-hybridized carbons (Fsp3) is 0.375. The lowest BCUT2D eigenvalue weighted by molar-refractivity contribution is -0.146. The number of carbonyl (C=O) groups is 3. The van der Waals surface area contributed by atoms with Crippen molar-refractivity contribution in [3.8, 4) is 0 Å². The number of methoxy groups -OCH3 is 1. The average Bonchev–Trinajstić information content (AvgIpc) is 3.70. The topological polar surface area (TPSA) is 138 Å². The number of nitrogens with zero attached hydrogens (tertiary/aromatic N) is 3. The third kappa shape index (κ3) is 7.28. The van der Waals surface area contributed by atoms with Gasteiger partial charge in [0.05, 0.1) is 27.6 Å². The molecule has 0 aliphatic carbocycles. The van der Waals surface area contributed by atoms with Gasteiger partial charge in [-0.25, -0.2) is 13.2 Å². The lowest BCUT2D eigenvalue weighted by Gasteiger charge is -2.41. The average molecular weight is 723 g/mol. The SMILES string of the molecule is COC(=O)C(Cc1ccc(NC(=O)c2c(Cl)cncc2Cl)cc1)NC(=O)C1(C)C(N2CCCC2)CCN1S(=O)(=O)c1cccc(Cl)c1. The standard InChI is InChI=1S/C32H34Cl3N5O6S/c1-32(27(39-13-3-4-14-39)12-15-40(32)47(44,45)23-7-5-6-21(33)17-23)31(43)38-26(30(42)46-2)16-20-8-10-22(11-9-20)37-29(41)28-24(34)18-36-19-25(28)35/h5-11,17-19,26-27H,3-4,12-16H2,1-2H3,(H,37,41)(H,38,43). The fourth-order valence-corrected chi connectivity index (χ4v) is 8.94. The minimum Gasteiger partial charge on any atom is -0.467 e. The molecule has 0 saturated carbocycles. The van der Waals surface area contributed by atoms with Crippen molar-refractivity contribution in [2.75, 3.05) is 32.1 Å². The van der Waals surface area contributed by atoms with E-state index in [4.69, 9.17) is 39.5 Å². The lowest BCUT2D eigenvalue weighted by Crippen LogP contribution is -2.65. The number of esters is 1. The number of rotatable bonds is 10. The number of likely N-dealkylation sites (tertiary alicyclic amines) is 1. The van der Waals surface area contributed by atoms with Crippen LogP contribution in [0.4, 0.5) is 5.69 Å². The Kier molecular flexibility index (Phi) is 10.8. The van der Waals surface area contributed by atoms with Crippen LogP contribution in [0.3, 0.4) is 0 Å². The number of anilines is 1. The second-order valence-corrected chi connectivity index (χ2v) is 14.7. The predicted octanol–water partition coefficient (Wildman–Crippen LogP) is 4.81. The molecule has 3 atom stereocenters. The zero-order chi connectivity index (χ0) is 33.9. The first-order valence-electron chi connectivity index (χ1n) is 15.0. The largest absolute Gasteiger partial charge is 0.467 e. The van der Waals surface area contributed by atoms with E-state index in [0.717, 1.165) is 25.9 Å². The number of aromatic nitrogens is 1. The van der Waals surface area contributed by atoms with E-state index in [0.29, 0.717) is 17.7 Å². The summed E-state index contributed by atoms with van der Waals surface area (Å²) in [6.45, 7) is 3.21. The van der Waals surface area contributed by atoms with Gasteiger partial charge in [-0.1, -0.05) is 53.0 Å². The smallest absolute Gasteiger partial charge is 0.328 e. The normalized spacial score (nSPS) is 20.9. The Morgan fingerprint density at radius 1 is 1.02 bits per heavy atom. The zero-order valence-corrected chi connectivity index (χ0v) is 28.8. The molecule has 2 fully saturated rings. The van der Waals surface area contributed by atoms with Gasteiger partial charge in [-0.3, -0.25) is 19.5 Å². The van der Waals surface area contributed by atoms with Gasteiger partial charge in [-0.15, -0.1) is 0 Å². The highest BCUT2D eigenvalue weighted by molar-refractivity contribution is 7.89. The number of ether oxygens (including phenoxy) is 1. The van der Waals surface area contributed by atoms with Gasteiger partial charge in [-0.2, -0.15) is 4.31 Å². The van der Waals surface area contributed by atoms with Crippen LogP contribution in [0.1, 0.15) is 42.1 Å². The maximum absolute atomic E-state index is 14.3. The molecule has 2 aliphatic heterocycles. The molecule has 5 rings (SSSR count). The highest BCUT2D eigenvalue weighted by Gasteiger charge is 2.58. The molecule has 11 nitrogen and oxygen atoms in total. The van der Waals surface area contributed by atoms with E-state index in [1.54, 1.807) is 43.3 Å². The molecule has 3 aromatic rings. The van der Waals surface area contributed by atoms with E-state index in [-0.39, 0.29) is 38.5 Å². The van der Waals surface area contributed by atoms with Crippen LogP contribution in [0.15, 0.2) is 65.8 Å². The molecule has 3 heterocycles. The molecular formula is C32H34Cl3N5O6S. The van der Waals surface area contributed by atoms with Crippen LogP contribution in [0, 0.1) is 0 Å². The molecule has 2 aromatic carbocycles. The summed E-state index contributed by atoms with van der Waals surface area (Å²) in [5.41, 5.74) is -0.369. The summed E-state index contributed by atoms with van der Waals surface area (Å²) < 4.78 is 34.3. The van der Waals surface area contributed by atoms with Crippen LogP contribution in [0.25, 0.3) is 0 Å². The van der Waals surface area contributed by atoms with Gasteiger partial charge in [0.15, 0.2) is 0 Å². The molecule has 250 valence electrons. The van der Waals surface area contributed by atoms with Gasteiger partial charge in [0.25, 0.3) is 5.91 Å². The first-order valence-corrected chi connectivity index (χ1v) is 17.5. The van der Waals surface area contributed by atoms with Crippen LogP contribution in [-0.4, -0.2) is 84.8 Å². The summed E-state index contributed by atoms with van der Waals surface area (Å²) in [5.74, 6) is -1.83. The maximum atomic E-state index is 14.3.